The molecule has 2 aromatic heterocycles. The summed E-state index contributed by atoms with van der Waals surface area (Å²) in [7, 11) is 2.02. The molecule has 6 nitrogen and oxygen atoms in total. The van der Waals surface area contributed by atoms with E-state index in [1.54, 1.807) is 6.20 Å². The van der Waals surface area contributed by atoms with E-state index in [2.05, 4.69) is 9.88 Å². The van der Waals surface area contributed by atoms with Gasteiger partial charge in [0.2, 0.25) is 0 Å². The zero-order valence-electron chi connectivity index (χ0n) is 13.7. The first-order valence-electron chi connectivity index (χ1n) is 7.48. The third kappa shape index (κ3) is 4.94. The normalized spacial score (nSPS) is 14.0. The summed E-state index contributed by atoms with van der Waals surface area (Å²) in [6.07, 6.45) is -3.29. The first kappa shape index (κ1) is 19.7. The molecule has 0 aliphatic carbocycles. The van der Waals surface area contributed by atoms with Crippen molar-refractivity contribution in [2.24, 2.45) is 0 Å². The molecule has 1 N–H and O–H groups in total. The van der Waals surface area contributed by atoms with Crippen LogP contribution in [0.25, 0.3) is 0 Å². The number of nitrogens with zero attached hydrogens (tertiary/aromatic N) is 3. The number of aromatic nitrogens is 1. The largest absolute Gasteiger partial charge is 0.490 e. The molecule has 26 heavy (non-hydrogen) atoms. The zero-order chi connectivity index (χ0) is 19.3. The van der Waals surface area contributed by atoms with Crippen LogP contribution >= 0.6 is 11.3 Å². The third-order valence-electron chi connectivity index (χ3n) is 3.56. The van der Waals surface area contributed by atoms with Crippen molar-refractivity contribution in [3.8, 4) is 0 Å². The molecule has 2 aromatic rings. The Morgan fingerprint density at radius 2 is 1.92 bits per heavy atom. The number of fused-ring (bicyclic) bond motifs is 1. The average molecular weight is 387 g/mol. The highest BCUT2D eigenvalue weighted by atomic mass is 32.1. The third-order valence-corrected chi connectivity index (χ3v) is 4.42. The Bertz CT molecular complexity index is 766. The Hall–Kier alpha value is -2.62. The number of carboxylic acid groups (broad SMARTS) is 1. The summed E-state index contributed by atoms with van der Waals surface area (Å²) < 4.78 is 31.7. The zero-order valence-corrected chi connectivity index (χ0v) is 14.5. The lowest BCUT2D eigenvalue weighted by Crippen LogP contribution is -2.33. The Kier molecular flexibility index (Phi) is 6.19. The molecule has 3 heterocycles. The maximum Gasteiger partial charge on any atom is 0.490 e. The molecule has 0 spiro atoms. The van der Waals surface area contributed by atoms with Crippen molar-refractivity contribution in [1.82, 2.24) is 9.88 Å². The van der Waals surface area contributed by atoms with Gasteiger partial charge >= 0.3 is 12.1 Å². The van der Waals surface area contributed by atoms with Gasteiger partial charge in [0.05, 0.1) is 4.88 Å². The standard InChI is InChI=1S/C14H15N3OS.C2HF3O2/c1-16-7-8-17(14(18)12-5-3-9-19-12)10-11-4-2-6-15-13(11)16;3-2(4,5)1(6)7/h2-6,9H,7-8,10H2,1H3;(H,6,7). The van der Waals surface area contributed by atoms with E-state index >= 15 is 0 Å². The van der Waals surface area contributed by atoms with Crippen molar-refractivity contribution in [3.63, 3.8) is 0 Å². The van der Waals surface area contributed by atoms with Gasteiger partial charge in [-0.3, -0.25) is 4.79 Å². The molecule has 0 fully saturated rings. The summed E-state index contributed by atoms with van der Waals surface area (Å²) in [5.41, 5.74) is 1.10. The Morgan fingerprint density at radius 1 is 1.23 bits per heavy atom. The number of amides is 1. The van der Waals surface area contributed by atoms with E-state index in [0.717, 1.165) is 29.3 Å². The van der Waals surface area contributed by atoms with E-state index in [1.165, 1.54) is 11.3 Å². The maximum atomic E-state index is 12.4. The number of hydrogen-bond acceptors (Lipinski definition) is 5. The second kappa shape index (κ2) is 8.17. The topological polar surface area (TPSA) is 73.7 Å². The van der Waals surface area contributed by atoms with Gasteiger partial charge in [-0.05, 0) is 17.5 Å². The first-order chi connectivity index (χ1) is 12.2. The van der Waals surface area contributed by atoms with Gasteiger partial charge in [0.15, 0.2) is 0 Å². The summed E-state index contributed by atoms with van der Waals surface area (Å²) in [4.78, 5) is 30.5. The number of pyridine rings is 1. The van der Waals surface area contributed by atoms with E-state index in [4.69, 9.17) is 9.90 Å². The van der Waals surface area contributed by atoms with Crippen LogP contribution in [0.5, 0.6) is 0 Å². The molecular formula is C16H16F3N3O3S. The number of rotatable bonds is 1. The van der Waals surface area contributed by atoms with Crippen molar-refractivity contribution in [2.45, 2.75) is 12.7 Å². The van der Waals surface area contributed by atoms with Gasteiger partial charge in [-0.25, -0.2) is 9.78 Å². The van der Waals surface area contributed by atoms with Crippen LogP contribution in [0, 0.1) is 0 Å². The molecule has 0 atom stereocenters. The van der Waals surface area contributed by atoms with Crippen LogP contribution in [0.2, 0.25) is 0 Å². The van der Waals surface area contributed by atoms with Gasteiger partial charge in [-0.15, -0.1) is 11.3 Å². The number of carbonyl (C=O) groups excluding carboxylic acids is 1. The fourth-order valence-electron chi connectivity index (χ4n) is 2.29. The number of hydrogen-bond donors (Lipinski definition) is 1. The van der Waals surface area contributed by atoms with Gasteiger partial charge in [-0.1, -0.05) is 12.1 Å². The number of likely N-dealkylation sites (N-methyl/N-ethyl adjacent to an activating group) is 1. The average Bonchev–Trinajstić information content (AvgIpc) is 3.06. The Labute approximate surface area is 151 Å². The van der Waals surface area contributed by atoms with Crippen molar-refractivity contribution in [1.29, 1.82) is 0 Å². The Morgan fingerprint density at radius 3 is 2.50 bits per heavy atom. The number of aliphatic carboxylic acids is 1. The predicted octanol–water partition coefficient (Wildman–Crippen LogP) is 2.87. The van der Waals surface area contributed by atoms with Crippen molar-refractivity contribution >= 4 is 29.0 Å². The molecule has 10 heteroatoms. The van der Waals surface area contributed by atoms with Crippen LogP contribution in [0.4, 0.5) is 19.0 Å². The van der Waals surface area contributed by atoms with Gasteiger partial charge in [-0.2, -0.15) is 13.2 Å². The fourth-order valence-corrected chi connectivity index (χ4v) is 2.98. The lowest BCUT2D eigenvalue weighted by atomic mass is 10.2. The van der Waals surface area contributed by atoms with Crippen molar-refractivity contribution < 1.29 is 27.9 Å². The number of alkyl halides is 3. The molecule has 0 radical (unpaired) electrons. The van der Waals surface area contributed by atoms with Crippen molar-refractivity contribution in [3.05, 3.63) is 46.3 Å². The first-order valence-corrected chi connectivity index (χ1v) is 8.36. The molecule has 1 amide bonds. The van der Waals surface area contributed by atoms with E-state index in [9.17, 15) is 18.0 Å². The minimum atomic E-state index is -5.08. The second-order valence-corrected chi connectivity index (χ2v) is 6.36. The minimum Gasteiger partial charge on any atom is -0.475 e. The quantitative estimate of drug-likeness (QED) is 0.815. The van der Waals surface area contributed by atoms with Crippen LogP contribution in [-0.4, -0.2) is 53.2 Å². The van der Waals surface area contributed by atoms with Crippen LogP contribution < -0.4 is 4.90 Å². The molecule has 0 unspecified atom stereocenters. The lowest BCUT2D eigenvalue weighted by Gasteiger charge is -2.20. The van der Waals surface area contributed by atoms with E-state index in [1.807, 2.05) is 41.6 Å². The predicted molar refractivity (Wildman–Crippen MR) is 90.3 cm³/mol. The number of thiophene rings is 1. The van der Waals surface area contributed by atoms with Crippen LogP contribution in [-0.2, 0) is 11.3 Å². The van der Waals surface area contributed by atoms with Crippen LogP contribution in [0.3, 0.4) is 0 Å². The monoisotopic (exact) mass is 387 g/mol. The molecule has 140 valence electrons. The van der Waals surface area contributed by atoms with Gasteiger partial charge in [0.1, 0.15) is 5.82 Å². The SMILES string of the molecule is CN1CCN(C(=O)c2cccs2)Cc2cccnc21.O=C(O)C(F)(F)F. The molecule has 0 aromatic carbocycles. The molecule has 0 saturated carbocycles. The van der Waals surface area contributed by atoms with E-state index in [-0.39, 0.29) is 5.91 Å². The lowest BCUT2D eigenvalue weighted by molar-refractivity contribution is -0.192. The highest BCUT2D eigenvalue weighted by Crippen LogP contribution is 2.23. The molecule has 0 bridgehead atoms. The van der Waals surface area contributed by atoms with E-state index < -0.39 is 12.1 Å². The number of halogens is 3. The fraction of sp³-hybridized carbons (Fsp3) is 0.312. The molecule has 1 aliphatic heterocycles. The summed E-state index contributed by atoms with van der Waals surface area (Å²) in [5, 5.41) is 9.06. The summed E-state index contributed by atoms with van der Waals surface area (Å²) in [6.45, 7) is 2.16. The molecule has 0 saturated heterocycles. The maximum absolute atomic E-state index is 12.4. The second-order valence-electron chi connectivity index (χ2n) is 5.41. The van der Waals surface area contributed by atoms with Crippen LogP contribution in [0.1, 0.15) is 15.2 Å². The highest BCUT2D eigenvalue weighted by Gasteiger charge is 2.38. The highest BCUT2D eigenvalue weighted by molar-refractivity contribution is 7.12. The van der Waals surface area contributed by atoms with E-state index in [0.29, 0.717) is 6.54 Å². The molecular weight excluding hydrogens is 371 g/mol. The number of carboxylic acids is 1. The van der Waals surface area contributed by atoms with Gasteiger partial charge in [0.25, 0.3) is 5.91 Å². The minimum absolute atomic E-state index is 0.111. The summed E-state index contributed by atoms with van der Waals surface area (Å²) in [5.74, 6) is -1.67. The smallest absolute Gasteiger partial charge is 0.475 e. The number of anilines is 1. The van der Waals surface area contributed by atoms with Crippen molar-refractivity contribution in [2.75, 3.05) is 25.0 Å². The van der Waals surface area contributed by atoms with Gasteiger partial charge in [0, 0.05) is 38.4 Å². The molecule has 1 aliphatic rings. The Balaban J connectivity index is 0.000000298. The van der Waals surface area contributed by atoms with Crippen LogP contribution in [0.15, 0.2) is 35.8 Å². The summed E-state index contributed by atoms with van der Waals surface area (Å²) >= 11 is 1.49. The summed E-state index contributed by atoms with van der Waals surface area (Å²) in [6, 6.07) is 7.76. The van der Waals surface area contributed by atoms with Gasteiger partial charge < -0.3 is 14.9 Å². The molecule has 3 rings (SSSR count). The number of carbonyl (C=O) groups is 2.